The van der Waals surface area contributed by atoms with E-state index in [1.54, 1.807) is 37.3 Å². The number of aromatic nitrogens is 2. The maximum Gasteiger partial charge on any atom is 0.286 e. The Hall–Kier alpha value is -3.53. The third-order valence-corrected chi connectivity index (χ3v) is 6.48. The third-order valence-electron chi connectivity index (χ3n) is 5.39. The number of halogens is 1. The molecule has 1 aliphatic rings. The van der Waals surface area contributed by atoms with Crippen molar-refractivity contribution in [2.75, 3.05) is 32.6 Å². The first-order valence-corrected chi connectivity index (χ1v) is 11.2. The van der Waals surface area contributed by atoms with Gasteiger partial charge in [0.25, 0.3) is 11.8 Å². The number of carbonyl (C=O) groups excluding carboxylic acids is 2. The highest BCUT2D eigenvalue weighted by atomic mass is 32.1. The molecular formula is C23H23FN4O4S. The molecule has 3 aromatic rings. The summed E-state index contributed by atoms with van der Waals surface area (Å²) in [5.74, 6) is 0.183. The molecule has 33 heavy (non-hydrogen) atoms. The lowest BCUT2D eigenvalue weighted by Crippen LogP contribution is -2.39. The molecule has 0 saturated carbocycles. The largest absolute Gasteiger partial charge is 0.497 e. The number of likely N-dealkylation sites (tertiary alicyclic amines) is 1. The van der Waals surface area contributed by atoms with Crippen LogP contribution < -0.4 is 14.8 Å². The molecule has 0 unspecified atom stereocenters. The SMILES string of the molecule is COc1cc(OC)cc(C(=O)N2CCC[C@@H](c3nnc(C(=O)Nc4ccc(F)cc4)s3)C2)c1. The normalized spacial score (nSPS) is 15.7. The van der Waals surface area contributed by atoms with Gasteiger partial charge >= 0.3 is 0 Å². The van der Waals surface area contributed by atoms with Crippen molar-refractivity contribution in [3.63, 3.8) is 0 Å². The molecule has 2 heterocycles. The fourth-order valence-corrected chi connectivity index (χ4v) is 4.55. The molecule has 1 saturated heterocycles. The van der Waals surface area contributed by atoms with Crippen molar-refractivity contribution in [3.05, 3.63) is 63.9 Å². The van der Waals surface area contributed by atoms with Crippen LogP contribution in [0.3, 0.4) is 0 Å². The Labute approximate surface area is 194 Å². The van der Waals surface area contributed by atoms with Gasteiger partial charge in [-0.15, -0.1) is 10.2 Å². The van der Waals surface area contributed by atoms with Crippen LogP contribution in [0.4, 0.5) is 10.1 Å². The Morgan fingerprint density at radius 3 is 2.45 bits per heavy atom. The fourth-order valence-electron chi connectivity index (χ4n) is 3.69. The minimum Gasteiger partial charge on any atom is -0.497 e. The van der Waals surface area contributed by atoms with Gasteiger partial charge in [-0.3, -0.25) is 9.59 Å². The predicted octanol–water partition coefficient (Wildman–Crippen LogP) is 3.97. The monoisotopic (exact) mass is 470 g/mol. The molecule has 172 valence electrons. The van der Waals surface area contributed by atoms with Gasteiger partial charge in [0.1, 0.15) is 22.3 Å². The lowest BCUT2D eigenvalue weighted by atomic mass is 9.98. The molecule has 2 aromatic carbocycles. The van der Waals surface area contributed by atoms with Crippen molar-refractivity contribution in [1.82, 2.24) is 15.1 Å². The molecule has 2 amide bonds. The van der Waals surface area contributed by atoms with E-state index in [4.69, 9.17) is 9.47 Å². The first-order valence-electron chi connectivity index (χ1n) is 10.4. The van der Waals surface area contributed by atoms with E-state index >= 15 is 0 Å². The van der Waals surface area contributed by atoms with E-state index in [1.807, 2.05) is 0 Å². The zero-order valence-corrected chi connectivity index (χ0v) is 19.0. The summed E-state index contributed by atoms with van der Waals surface area (Å²) in [7, 11) is 3.08. The lowest BCUT2D eigenvalue weighted by Gasteiger charge is -2.31. The van der Waals surface area contributed by atoms with Gasteiger partial charge < -0.3 is 19.7 Å². The standard InChI is InChI=1S/C23H23FN4O4S/c1-31-18-10-15(11-19(12-18)32-2)23(30)28-9-3-4-14(13-28)21-26-27-22(33-21)20(29)25-17-7-5-16(24)6-8-17/h5-8,10-12,14H,3-4,9,13H2,1-2H3,(H,25,29)/t14-/m1/s1. The summed E-state index contributed by atoms with van der Waals surface area (Å²) in [4.78, 5) is 27.4. The van der Waals surface area contributed by atoms with E-state index in [-0.39, 0.29) is 22.6 Å². The number of amides is 2. The van der Waals surface area contributed by atoms with Crippen molar-refractivity contribution >= 4 is 28.8 Å². The number of hydrogen-bond acceptors (Lipinski definition) is 7. The first kappa shape index (κ1) is 22.7. The number of hydrogen-bond donors (Lipinski definition) is 1. The second-order valence-corrected chi connectivity index (χ2v) is 8.61. The van der Waals surface area contributed by atoms with E-state index in [2.05, 4.69) is 15.5 Å². The summed E-state index contributed by atoms with van der Waals surface area (Å²) in [5.41, 5.74) is 0.963. The van der Waals surface area contributed by atoms with Gasteiger partial charge in [-0.25, -0.2) is 4.39 Å². The van der Waals surface area contributed by atoms with Crippen LogP contribution in [0.2, 0.25) is 0 Å². The summed E-state index contributed by atoms with van der Waals surface area (Å²) < 4.78 is 23.6. The predicted molar refractivity (Wildman–Crippen MR) is 122 cm³/mol. The summed E-state index contributed by atoms with van der Waals surface area (Å²) in [6.45, 7) is 1.11. The fraction of sp³-hybridized carbons (Fsp3) is 0.304. The van der Waals surface area contributed by atoms with Crippen molar-refractivity contribution in [1.29, 1.82) is 0 Å². The van der Waals surface area contributed by atoms with Crippen LogP contribution in [-0.2, 0) is 0 Å². The Kier molecular flexibility index (Phi) is 6.83. The number of anilines is 1. The Morgan fingerprint density at radius 2 is 1.79 bits per heavy atom. The molecule has 1 fully saturated rings. The number of ether oxygens (including phenoxy) is 2. The molecule has 0 spiro atoms. The van der Waals surface area contributed by atoms with Crippen molar-refractivity contribution < 1.29 is 23.5 Å². The smallest absolute Gasteiger partial charge is 0.286 e. The van der Waals surface area contributed by atoms with Crippen LogP contribution in [0.15, 0.2) is 42.5 Å². The van der Waals surface area contributed by atoms with Crippen molar-refractivity contribution in [3.8, 4) is 11.5 Å². The molecular weight excluding hydrogens is 447 g/mol. The maximum atomic E-state index is 13.1. The molecule has 10 heteroatoms. The highest BCUT2D eigenvalue weighted by Crippen LogP contribution is 2.31. The van der Waals surface area contributed by atoms with Crippen LogP contribution in [0.5, 0.6) is 11.5 Å². The second-order valence-electron chi connectivity index (χ2n) is 7.60. The summed E-state index contributed by atoms with van der Waals surface area (Å²) >= 11 is 1.21. The summed E-state index contributed by atoms with van der Waals surface area (Å²) in [6.07, 6.45) is 1.66. The highest BCUT2D eigenvalue weighted by molar-refractivity contribution is 7.13. The zero-order valence-electron chi connectivity index (χ0n) is 18.2. The van der Waals surface area contributed by atoms with Gasteiger partial charge in [-0.1, -0.05) is 11.3 Å². The Bertz CT molecular complexity index is 1130. The molecule has 1 N–H and O–H groups in total. The molecule has 1 aliphatic heterocycles. The lowest BCUT2D eigenvalue weighted by molar-refractivity contribution is 0.0706. The average molecular weight is 471 g/mol. The van der Waals surface area contributed by atoms with E-state index in [0.29, 0.717) is 40.8 Å². The first-order chi connectivity index (χ1) is 16.0. The van der Waals surface area contributed by atoms with Gasteiger partial charge in [-0.2, -0.15) is 0 Å². The molecule has 0 bridgehead atoms. The van der Waals surface area contributed by atoms with Crippen LogP contribution in [0.25, 0.3) is 0 Å². The van der Waals surface area contributed by atoms with E-state index in [0.717, 1.165) is 12.8 Å². The molecule has 8 nitrogen and oxygen atoms in total. The number of nitrogens with one attached hydrogen (secondary N) is 1. The zero-order chi connectivity index (χ0) is 23.4. The molecule has 0 aliphatic carbocycles. The topological polar surface area (TPSA) is 93.7 Å². The minimum absolute atomic E-state index is 0.0138. The van der Waals surface area contributed by atoms with Crippen molar-refractivity contribution in [2.24, 2.45) is 0 Å². The second kappa shape index (κ2) is 9.95. The van der Waals surface area contributed by atoms with E-state index in [1.165, 1.54) is 35.6 Å². The number of carbonyl (C=O) groups is 2. The van der Waals surface area contributed by atoms with Crippen LogP contribution in [0.1, 0.15) is 43.9 Å². The summed E-state index contributed by atoms with van der Waals surface area (Å²) in [5, 5.41) is 11.8. The Morgan fingerprint density at radius 1 is 1.09 bits per heavy atom. The molecule has 0 radical (unpaired) electrons. The maximum absolute atomic E-state index is 13.1. The van der Waals surface area contributed by atoms with E-state index < -0.39 is 5.91 Å². The third kappa shape index (κ3) is 5.28. The van der Waals surface area contributed by atoms with Gasteiger partial charge in [0.15, 0.2) is 0 Å². The molecule has 1 atom stereocenters. The van der Waals surface area contributed by atoms with Crippen LogP contribution in [-0.4, -0.2) is 54.2 Å². The minimum atomic E-state index is -0.405. The van der Waals surface area contributed by atoms with E-state index in [9.17, 15) is 14.0 Å². The quantitative estimate of drug-likeness (QED) is 0.586. The van der Waals surface area contributed by atoms with Crippen LogP contribution >= 0.6 is 11.3 Å². The van der Waals surface area contributed by atoms with Gasteiger partial charge in [0.05, 0.1) is 14.2 Å². The number of benzene rings is 2. The molecule has 4 rings (SSSR count). The summed E-state index contributed by atoms with van der Waals surface area (Å²) in [6, 6.07) is 10.6. The van der Waals surface area contributed by atoms with Crippen LogP contribution in [0, 0.1) is 5.82 Å². The number of methoxy groups -OCH3 is 2. The Balaban J connectivity index is 1.44. The average Bonchev–Trinajstić information content (AvgIpc) is 3.35. The van der Waals surface area contributed by atoms with Gasteiger partial charge in [0.2, 0.25) is 5.01 Å². The number of rotatable bonds is 6. The van der Waals surface area contributed by atoms with Crippen molar-refractivity contribution in [2.45, 2.75) is 18.8 Å². The van der Waals surface area contributed by atoms with Gasteiger partial charge in [-0.05, 0) is 49.2 Å². The highest BCUT2D eigenvalue weighted by Gasteiger charge is 2.29. The molecule has 1 aromatic heterocycles. The number of nitrogens with zero attached hydrogens (tertiary/aromatic N) is 3. The number of piperidine rings is 1. The van der Waals surface area contributed by atoms with Gasteiger partial charge in [0, 0.05) is 36.3 Å².